The highest BCUT2D eigenvalue weighted by Crippen LogP contribution is 2.15. The number of nitrogens with zero attached hydrogens (tertiary/aromatic N) is 2. The molecular weight excluding hydrogens is 409 g/mol. The summed E-state index contributed by atoms with van der Waals surface area (Å²) in [5, 5.41) is 3.25. The maximum absolute atomic E-state index is 5.60. The Labute approximate surface area is 133 Å². The molecule has 0 saturated carbocycles. The van der Waals surface area contributed by atoms with Gasteiger partial charge in [-0.05, 0) is 24.3 Å². The summed E-state index contributed by atoms with van der Waals surface area (Å²) in [5.74, 6) is 1.85. The van der Waals surface area contributed by atoms with E-state index in [1.165, 1.54) is 0 Å². The quantitative estimate of drug-likeness (QED) is 0.594. The van der Waals surface area contributed by atoms with E-state index in [-0.39, 0.29) is 24.0 Å². The molecule has 0 saturated heterocycles. The predicted octanol–water partition coefficient (Wildman–Crippen LogP) is 2.34. The van der Waals surface area contributed by atoms with Crippen LogP contribution in [0.5, 0.6) is 5.75 Å². The molecule has 1 aliphatic rings. The fourth-order valence-corrected chi connectivity index (χ4v) is 1.85. The topological polar surface area (TPSA) is 36.9 Å². The fourth-order valence-electron chi connectivity index (χ4n) is 1.59. The summed E-state index contributed by atoms with van der Waals surface area (Å²) in [6.07, 6.45) is 0. The highest BCUT2D eigenvalue weighted by molar-refractivity contribution is 14.0. The SMILES string of the molecule is CN1CCN=C1NCCOc1ccc(Br)cc1.I. The van der Waals surface area contributed by atoms with Gasteiger partial charge in [0.15, 0.2) is 5.96 Å². The molecule has 18 heavy (non-hydrogen) atoms. The summed E-state index contributed by atoms with van der Waals surface area (Å²) in [6.45, 7) is 3.27. The zero-order valence-corrected chi connectivity index (χ0v) is 14.1. The third kappa shape index (κ3) is 4.64. The molecule has 1 aromatic rings. The average Bonchev–Trinajstić information content (AvgIpc) is 2.73. The molecule has 0 fully saturated rings. The van der Waals surface area contributed by atoms with Crippen LogP contribution in [-0.4, -0.2) is 44.1 Å². The van der Waals surface area contributed by atoms with E-state index in [0.29, 0.717) is 6.61 Å². The predicted molar refractivity (Wildman–Crippen MR) is 88.0 cm³/mol. The summed E-state index contributed by atoms with van der Waals surface area (Å²) in [5.41, 5.74) is 0. The number of guanidine groups is 1. The summed E-state index contributed by atoms with van der Waals surface area (Å²) in [6, 6.07) is 7.84. The van der Waals surface area contributed by atoms with Gasteiger partial charge in [-0.25, -0.2) is 0 Å². The Hall–Kier alpha value is -0.500. The van der Waals surface area contributed by atoms with Crippen LogP contribution in [-0.2, 0) is 0 Å². The van der Waals surface area contributed by atoms with Gasteiger partial charge in [0.05, 0.1) is 13.1 Å². The third-order valence-electron chi connectivity index (χ3n) is 2.53. The Kier molecular flexibility index (Phi) is 6.77. The van der Waals surface area contributed by atoms with Crippen molar-refractivity contribution < 1.29 is 4.74 Å². The molecule has 4 nitrogen and oxygen atoms in total. The minimum atomic E-state index is 0. The van der Waals surface area contributed by atoms with E-state index in [9.17, 15) is 0 Å². The first kappa shape index (κ1) is 15.6. The van der Waals surface area contributed by atoms with Gasteiger partial charge in [-0.15, -0.1) is 24.0 Å². The monoisotopic (exact) mass is 425 g/mol. The van der Waals surface area contributed by atoms with Crippen LogP contribution in [0.2, 0.25) is 0 Å². The van der Waals surface area contributed by atoms with Gasteiger partial charge in [-0.1, -0.05) is 15.9 Å². The lowest BCUT2D eigenvalue weighted by Gasteiger charge is -2.15. The maximum atomic E-state index is 5.60. The summed E-state index contributed by atoms with van der Waals surface area (Å²) < 4.78 is 6.66. The van der Waals surface area contributed by atoms with Gasteiger partial charge in [-0.3, -0.25) is 4.99 Å². The Morgan fingerprint density at radius 3 is 2.72 bits per heavy atom. The molecule has 0 aliphatic carbocycles. The molecule has 1 N–H and O–H groups in total. The van der Waals surface area contributed by atoms with Gasteiger partial charge >= 0.3 is 0 Å². The summed E-state index contributed by atoms with van der Waals surface area (Å²) >= 11 is 3.39. The number of rotatable bonds is 4. The Morgan fingerprint density at radius 2 is 2.11 bits per heavy atom. The lowest BCUT2D eigenvalue weighted by Crippen LogP contribution is -2.37. The first-order valence-corrected chi connectivity index (χ1v) is 6.43. The number of halogens is 2. The highest BCUT2D eigenvalue weighted by Gasteiger charge is 2.10. The number of aliphatic imine (C=N–C) groups is 1. The zero-order valence-electron chi connectivity index (χ0n) is 10.2. The van der Waals surface area contributed by atoms with E-state index in [0.717, 1.165) is 35.8 Å². The van der Waals surface area contributed by atoms with Crippen LogP contribution in [0.1, 0.15) is 0 Å². The van der Waals surface area contributed by atoms with E-state index < -0.39 is 0 Å². The van der Waals surface area contributed by atoms with Gasteiger partial charge in [-0.2, -0.15) is 0 Å². The molecule has 0 unspecified atom stereocenters. The molecule has 100 valence electrons. The van der Waals surface area contributed by atoms with Crippen LogP contribution >= 0.6 is 39.9 Å². The third-order valence-corrected chi connectivity index (χ3v) is 3.05. The first-order valence-electron chi connectivity index (χ1n) is 5.63. The van der Waals surface area contributed by atoms with Crippen LogP contribution < -0.4 is 10.1 Å². The number of hydrogen-bond acceptors (Lipinski definition) is 4. The van der Waals surface area contributed by atoms with Crippen molar-refractivity contribution in [2.24, 2.45) is 4.99 Å². The second-order valence-electron chi connectivity index (χ2n) is 3.86. The van der Waals surface area contributed by atoms with Crippen molar-refractivity contribution >= 4 is 45.9 Å². The van der Waals surface area contributed by atoms with Crippen LogP contribution in [0.3, 0.4) is 0 Å². The second kappa shape index (κ2) is 7.83. The van der Waals surface area contributed by atoms with Gasteiger partial charge < -0.3 is 15.0 Å². The molecule has 0 bridgehead atoms. The maximum Gasteiger partial charge on any atom is 0.193 e. The minimum Gasteiger partial charge on any atom is -0.492 e. The zero-order chi connectivity index (χ0) is 12.1. The van der Waals surface area contributed by atoms with Crippen molar-refractivity contribution in [1.29, 1.82) is 0 Å². The van der Waals surface area contributed by atoms with Crippen molar-refractivity contribution in [1.82, 2.24) is 10.2 Å². The van der Waals surface area contributed by atoms with Gasteiger partial charge in [0.2, 0.25) is 0 Å². The Bertz CT molecular complexity index is 397. The minimum absolute atomic E-state index is 0. The van der Waals surface area contributed by atoms with Crippen molar-refractivity contribution in [3.05, 3.63) is 28.7 Å². The molecule has 1 heterocycles. The van der Waals surface area contributed by atoms with Crippen LogP contribution in [0.25, 0.3) is 0 Å². The number of hydrogen-bond donors (Lipinski definition) is 1. The van der Waals surface area contributed by atoms with E-state index >= 15 is 0 Å². The Morgan fingerprint density at radius 1 is 1.39 bits per heavy atom. The fraction of sp³-hybridized carbons (Fsp3) is 0.417. The second-order valence-corrected chi connectivity index (χ2v) is 4.77. The van der Waals surface area contributed by atoms with Gasteiger partial charge in [0.25, 0.3) is 0 Å². The largest absolute Gasteiger partial charge is 0.492 e. The number of benzene rings is 1. The number of nitrogens with one attached hydrogen (secondary N) is 1. The normalized spacial score (nSPS) is 13.9. The van der Waals surface area contributed by atoms with E-state index in [4.69, 9.17) is 4.74 Å². The smallest absolute Gasteiger partial charge is 0.193 e. The van der Waals surface area contributed by atoms with Crippen LogP contribution in [0.15, 0.2) is 33.7 Å². The highest BCUT2D eigenvalue weighted by atomic mass is 127. The summed E-state index contributed by atoms with van der Waals surface area (Å²) in [4.78, 5) is 6.45. The lowest BCUT2D eigenvalue weighted by atomic mass is 10.3. The Balaban J connectivity index is 0.00000162. The van der Waals surface area contributed by atoms with Crippen LogP contribution in [0, 0.1) is 0 Å². The molecular formula is C12H17BrIN3O. The molecule has 0 aromatic heterocycles. The van der Waals surface area contributed by atoms with E-state index in [1.54, 1.807) is 0 Å². The summed E-state index contributed by atoms with van der Waals surface area (Å²) in [7, 11) is 2.04. The van der Waals surface area contributed by atoms with Crippen LogP contribution in [0.4, 0.5) is 0 Å². The van der Waals surface area contributed by atoms with Crippen molar-refractivity contribution in [2.45, 2.75) is 0 Å². The van der Waals surface area contributed by atoms with Crippen molar-refractivity contribution in [2.75, 3.05) is 33.3 Å². The van der Waals surface area contributed by atoms with Gasteiger partial charge in [0.1, 0.15) is 12.4 Å². The molecule has 2 rings (SSSR count). The van der Waals surface area contributed by atoms with Crippen molar-refractivity contribution in [3.63, 3.8) is 0 Å². The van der Waals surface area contributed by atoms with E-state index in [1.807, 2.05) is 31.3 Å². The molecule has 0 spiro atoms. The lowest BCUT2D eigenvalue weighted by molar-refractivity contribution is 0.320. The molecule has 0 atom stereocenters. The average molecular weight is 426 g/mol. The molecule has 6 heteroatoms. The standard InChI is InChI=1S/C12H16BrN3O.HI/c1-16-8-6-14-12(16)15-7-9-17-11-4-2-10(13)3-5-11;/h2-5H,6-9H2,1H3,(H,14,15);1H. The van der Waals surface area contributed by atoms with E-state index in [2.05, 4.69) is 31.1 Å². The first-order chi connectivity index (χ1) is 8.25. The number of likely N-dealkylation sites (N-methyl/N-ethyl adjacent to an activating group) is 1. The molecule has 0 radical (unpaired) electrons. The van der Waals surface area contributed by atoms with Gasteiger partial charge in [0, 0.05) is 18.1 Å². The molecule has 0 amide bonds. The molecule has 1 aromatic carbocycles. The van der Waals surface area contributed by atoms with Crippen molar-refractivity contribution in [3.8, 4) is 5.75 Å². The number of ether oxygens (including phenoxy) is 1. The molecule has 1 aliphatic heterocycles.